The van der Waals surface area contributed by atoms with Gasteiger partial charge in [-0.2, -0.15) is 0 Å². The Morgan fingerprint density at radius 3 is 2.61 bits per heavy atom. The molecule has 3 aromatic rings. The lowest BCUT2D eigenvalue weighted by Crippen LogP contribution is -2.29. The number of anilines is 1. The minimum Gasteiger partial charge on any atom is -0.507 e. The maximum absolute atomic E-state index is 13.5. The van der Waals surface area contributed by atoms with Crippen LogP contribution in [0, 0.1) is 0 Å². The van der Waals surface area contributed by atoms with Crippen molar-refractivity contribution in [1.82, 2.24) is 10.3 Å². The van der Waals surface area contributed by atoms with Crippen LogP contribution in [0.25, 0.3) is 6.08 Å². The molecule has 0 saturated carbocycles. The van der Waals surface area contributed by atoms with E-state index < -0.39 is 29.6 Å². The second-order valence-electron chi connectivity index (χ2n) is 11.1. The summed E-state index contributed by atoms with van der Waals surface area (Å²) >= 11 is 1.28. The van der Waals surface area contributed by atoms with Gasteiger partial charge in [0.1, 0.15) is 28.6 Å². The fourth-order valence-corrected chi connectivity index (χ4v) is 5.83. The Morgan fingerprint density at radius 2 is 1.89 bits per heavy atom. The van der Waals surface area contributed by atoms with Crippen molar-refractivity contribution in [2.75, 3.05) is 19.0 Å². The van der Waals surface area contributed by atoms with Crippen LogP contribution in [-0.4, -0.2) is 58.5 Å². The van der Waals surface area contributed by atoms with Crippen LogP contribution >= 0.6 is 11.3 Å². The first-order valence-corrected chi connectivity index (χ1v) is 16.1. The van der Waals surface area contributed by atoms with E-state index in [0.717, 1.165) is 0 Å². The summed E-state index contributed by atoms with van der Waals surface area (Å²) in [7, 11) is 1.52. The summed E-state index contributed by atoms with van der Waals surface area (Å²) in [6, 6.07) is 8.19. The Kier molecular flexibility index (Phi) is 12.3. The third kappa shape index (κ3) is 9.40. The molecule has 2 heterocycles. The molecule has 11 nitrogen and oxygen atoms in total. The lowest BCUT2D eigenvalue weighted by Gasteiger charge is -2.23. The van der Waals surface area contributed by atoms with E-state index in [1.807, 2.05) is 0 Å². The number of phenols is 2. The molecule has 4 N–H and O–H groups in total. The predicted molar refractivity (Wildman–Crippen MR) is 174 cm³/mol. The van der Waals surface area contributed by atoms with Gasteiger partial charge < -0.3 is 30.3 Å². The smallest absolute Gasteiger partial charge is 0.342 e. The van der Waals surface area contributed by atoms with Crippen LogP contribution in [0.1, 0.15) is 91.3 Å². The highest BCUT2D eigenvalue weighted by Crippen LogP contribution is 2.44. The zero-order valence-corrected chi connectivity index (χ0v) is 26.7. The van der Waals surface area contributed by atoms with Crippen molar-refractivity contribution in [2.45, 2.75) is 70.3 Å². The van der Waals surface area contributed by atoms with Gasteiger partial charge >= 0.3 is 5.97 Å². The average Bonchev–Trinajstić information content (AvgIpc) is 3.52. The summed E-state index contributed by atoms with van der Waals surface area (Å²) in [5, 5.41) is 30.6. The molecule has 0 bridgehead atoms. The highest BCUT2D eigenvalue weighted by atomic mass is 32.1. The Balaban J connectivity index is 1.65. The van der Waals surface area contributed by atoms with Gasteiger partial charge in [0.05, 0.1) is 13.2 Å². The molecule has 1 aliphatic rings. The zero-order valence-electron chi connectivity index (χ0n) is 25.9. The maximum Gasteiger partial charge on any atom is 0.342 e. The number of nitrogens with one attached hydrogen (secondary N) is 2. The molecular weight excluding hydrogens is 610 g/mol. The number of ketones is 1. The number of carbonyl (C=O) groups is 4. The summed E-state index contributed by atoms with van der Waals surface area (Å²) in [5.74, 6) is -2.47. The number of hydrogen-bond acceptors (Lipinski definition) is 10. The minimum absolute atomic E-state index is 0.00899. The number of nitrogens with zero attached hydrogens (tertiary/aromatic N) is 1. The molecule has 244 valence electrons. The Morgan fingerprint density at radius 1 is 1.13 bits per heavy atom. The van der Waals surface area contributed by atoms with E-state index >= 15 is 0 Å². The first-order chi connectivity index (χ1) is 22.2. The van der Waals surface area contributed by atoms with E-state index in [-0.39, 0.29) is 53.5 Å². The first kappa shape index (κ1) is 34.2. The van der Waals surface area contributed by atoms with E-state index in [0.29, 0.717) is 55.0 Å². The summed E-state index contributed by atoms with van der Waals surface area (Å²) in [4.78, 5) is 55.1. The van der Waals surface area contributed by atoms with Crippen molar-refractivity contribution in [3.63, 3.8) is 0 Å². The van der Waals surface area contributed by atoms with Crippen LogP contribution in [0.2, 0.25) is 0 Å². The summed E-state index contributed by atoms with van der Waals surface area (Å²) < 4.78 is 11.0. The van der Waals surface area contributed by atoms with Crippen LogP contribution in [0.4, 0.5) is 5.13 Å². The molecule has 1 unspecified atom stereocenters. The van der Waals surface area contributed by atoms with Crippen molar-refractivity contribution in [2.24, 2.45) is 0 Å². The van der Waals surface area contributed by atoms with Crippen molar-refractivity contribution in [1.29, 1.82) is 0 Å². The molecule has 46 heavy (non-hydrogen) atoms. The fraction of sp³-hybridized carbons (Fsp3) is 0.382. The zero-order chi connectivity index (χ0) is 33.1. The molecule has 2 atom stereocenters. The molecule has 0 aliphatic carbocycles. The van der Waals surface area contributed by atoms with Crippen LogP contribution in [0.5, 0.6) is 17.2 Å². The average molecular weight is 650 g/mol. The molecule has 1 aliphatic heterocycles. The number of benzene rings is 2. The Hall–Kier alpha value is -4.71. The van der Waals surface area contributed by atoms with Crippen molar-refractivity contribution < 1.29 is 38.9 Å². The number of cyclic esters (lactones) is 1. The fourth-order valence-electron chi connectivity index (χ4n) is 5.28. The SMILES string of the molecule is COc1ccc(C(CC(=O)NCCC(=O)Nc2nccs2)c2c(O)cc3c(c2O)C(=O)O[C@@H](C)CCCC(=O)CCCC=C3)cc1. The number of carbonyl (C=O) groups excluding carboxylic acids is 4. The van der Waals surface area contributed by atoms with Crippen LogP contribution in [0.15, 0.2) is 48.0 Å². The summed E-state index contributed by atoms with van der Waals surface area (Å²) in [6.45, 7) is 1.78. The van der Waals surface area contributed by atoms with Crippen molar-refractivity contribution in [3.05, 3.63) is 70.2 Å². The van der Waals surface area contributed by atoms with Crippen molar-refractivity contribution >= 4 is 46.1 Å². The predicted octanol–water partition coefficient (Wildman–Crippen LogP) is 5.71. The lowest BCUT2D eigenvalue weighted by atomic mass is 9.84. The number of methoxy groups -OCH3 is 1. The summed E-state index contributed by atoms with van der Waals surface area (Å²) in [5.41, 5.74) is 0.696. The number of Topliss-reactive ketones (excluding diaryl/α,β-unsaturated/α-hetero) is 1. The third-order valence-electron chi connectivity index (χ3n) is 7.66. The number of aromatic hydroxyl groups is 2. The minimum atomic E-state index is -0.881. The number of ether oxygens (including phenoxy) is 2. The number of aromatic nitrogens is 1. The van der Waals surface area contributed by atoms with Gasteiger partial charge in [0.15, 0.2) is 5.13 Å². The molecule has 0 spiro atoms. The van der Waals surface area contributed by atoms with Gasteiger partial charge in [-0.05, 0) is 61.9 Å². The van der Waals surface area contributed by atoms with Gasteiger partial charge in [0.25, 0.3) is 0 Å². The second-order valence-corrected chi connectivity index (χ2v) is 12.0. The molecule has 4 rings (SSSR count). The number of esters is 1. The Bertz CT molecular complexity index is 1550. The maximum atomic E-state index is 13.5. The number of thiazole rings is 1. The van der Waals surface area contributed by atoms with Crippen LogP contribution in [0.3, 0.4) is 0 Å². The lowest BCUT2D eigenvalue weighted by molar-refractivity contribution is -0.121. The molecule has 0 saturated heterocycles. The van der Waals surface area contributed by atoms with E-state index in [2.05, 4.69) is 15.6 Å². The number of phenolic OH excluding ortho intramolecular Hbond substituents is 2. The number of fused-ring (bicyclic) bond motifs is 1. The van der Waals surface area contributed by atoms with Crippen LogP contribution in [-0.2, 0) is 19.1 Å². The highest BCUT2D eigenvalue weighted by Gasteiger charge is 2.31. The number of allylic oxidation sites excluding steroid dienone is 1. The topological polar surface area (TPSA) is 164 Å². The largest absolute Gasteiger partial charge is 0.507 e. The second kappa shape index (κ2) is 16.6. The van der Waals surface area contributed by atoms with Gasteiger partial charge in [-0.25, -0.2) is 9.78 Å². The van der Waals surface area contributed by atoms with Gasteiger partial charge in [-0.1, -0.05) is 24.3 Å². The van der Waals surface area contributed by atoms with Gasteiger partial charge in [0, 0.05) is 55.3 Å². The molecule has 1 aromatic heterocycles. The van der Waals surface area contributed by atoms with E-state index in [1.54, 1.807) is 54.9 Å². The number of amides is 2. The first-order valence-electron chi connectivity index (χ1n) is 15.2. The molecular formula is C34H39N3O8S. The number of rotatable bonds is 9. The van der Waals surface area contributed by atoms with Gasteiger partial charge in [0.2, 0.25) is 11.8 Å². The number of hydrogen-bond donors (Lipinski definition) is 4. The van der Waals surface area contributed by atoms with E-state index in [4.69, 9.17) is 9.47 Å². The molecule has 0 radical (unpaired) electrons. The standard InChI is InChI=1S/C34H39N3O8S/c1-21-7-6-10-24(38)9-5-3-4-8-23-19-27(39)31(32(42)30(23)33(43)45-21)26(22-11-13-25(44-2)14-12-22)20-29(41)35-16-15-28(40)37-34-36-17-18-46-34/h4,8,11-14,17-19,21,26,39,42H,3,5-7,9-10,15-16,20H2,1-2H3,(H,35,41)(H,36,37,40)/t21-,26?/m0/s1. The highest BCUT2D eigenvalue weighted by molar-refractivity contribution is 7.13. The normalized spacial score (nSPS) is 16.4. The Labute approximate surface area is 271 Å². The quantitative estimate of drug-likeness (QED) is 0.213. The molecule has 2 aromatic carbocycles. The monoisotopic (exact) mass is 649 g/mol. The van der Waals surface area contributed by atoms with Crippen molar-refractivity contribution in [3.8, 4) is 17.2 Å². The van der Waals surface area contributed by atoms with Crippen LogP contribution < -0.4 is 15.4 Å². The third-order valence-corrected chi connectivity index (χ3v) is 8.35. The molecule has 0 fully saturated rings. The van der Waals surface area contributed by atoms with Gasteiger partial charge in [-0.15, -0.1) is 11.3 Å². The molecule has 2 amide bonds. The summed E-state index contributed by atoms with van der Waals surface area (Å²) in [6.07, 6.45) is 7.37. The van der Waals surface area contributed by atoms with E-state index in [1.165, 1.54) is 24.5 Å². The van der Waals surface area contributed by atoms with Gasteiger partial charge in [-0.3, -0.25) is 14.4 Å². The molecule has 12 heteroatoms. The van der Waals surface area contributed by atoms with E-state index in [9.17, 15) is 29.4 Å².